The number of aliphatic carboxylic acids is 2. The quantitative estimate of drug-likeness (QED) is 0.0354. The summed E-state index contributed by atoms with van der Waals surface area (Å²) >= 11 is 0. The predicted octanol–water partition coefficient (Wildman–Crippen LogP) is -7.54. The first-order valence-electron chi connectivity index (χ1n) is 16.7. The van der Waals surface area contributed by atoms with E-state index in [0.29, 0.717) is 31.3 Å². The summed E-state index contributed by atoms with van der Waals surface area (Å²) in [7, 11) is -11.0. The number of carbonyl (C=O) groups excluding carboxylic acids is 3. The summed E-state index contributed by atoms with van der Waals surface area (Å²) in [5.74, 6) is -6.70. The Hall–Kier alpha value is 1.00. The van der Waals surface area contributed by atoms with Crippen molar-refractivity contribution in [2.24, 2.45) is 39.9 Å². The summed E-state index contributed by atoms with van der Waals surface area (Å²) in [6, 6.07) is 0. The molecule has 1 saturated heterocycles. The van der Waals surface area contributed by atoms with Crippen LogP contribution < -0.4 is 113 Å². The monoisotopic (exact) mass is 846 g/mol. The second kappa shape index (κ2) is 17.7. The van der Waals surface area contributed by atoms with Crippen molar-refractivity contribution in [3.63, 3.8) is 0 Å². The number of aliphatic hydroxyl groups is 2. The second-order valence-corrected chi connectivity index (χ2v) is 17.4. The largest absolute Gasteiger partial charge is 1.00 e. The summed E-state index contributed by atoms with van der Waals surface area (Å²) in [5, 5.41) is 47.6. The van der Waals surface area contributed by atoms with Crippen molar-refractivity contribution in [1.29, 1.82) is 0 Å². The fourth-order valence-electron chi connectivity index (χ4n) is 10.2. The van der Waals surface area contributed by atoms with Crippen LogP contribution in [-0.2, 0) is 57.8 Å². The van der Waals surface area contributed by atoms with Crippen LogP contribution in [0.4, 0.5) is 0 Å². The number of hydrogen-bond acceptors (Lipinski definition) is 16. The van der Waals surface area contributed by atoms with Crippen molar-refractivity contribution < 1.29 is 186 Å². The molecule has 12 atom stereocenters. The molecule has 4 saturated carbocycles. The molecule has 0 amide bonds. The third-order valence-electron chi connectivity index (χ3n) is 12.0. The van der Waals surface area contributed by atoms with E-state index in [1.807, 2.05) is 0 Å². The number of esters is 1. The van der Waals surface area contributed by atoms with E-state index >= 15 is 0 Å². The molecule has 0 radical (unpaired) electrons. The SMILES string of the molecule is C=C1[C@@H]2CC[C@H]3[C@]4(C)C[C@H](O[C@@H]5O[C@H](CO)[C@@H](OS(=O)(=O)O)[C@H](OS(=O)(=O)O)[C@H]5OC(=O)CC(C)C)CC(C(=O)[O-])(C(=O)[O-])[C@H]4CC[C@]3(C2)[C@H]1O.[K+].[K+]. The molecule has 0 aromatic heterocycles. The number of rotatable bonds is 12. The van der Waals surface area contributed by atoms with Gasteiger partial charge in [-0.05, 0) is 79.6 Å². The third-order valence-corrected chi connectivity index (χ3v) is 12.9. The van der Waals surface area contributed by atoms with Gasteiger partial charge in [-0.3, -0.25) is 13.9 Å². The molecular weight excluding hydrogens is 803 g/mol. The van der Waals surface area contributed by atoms with Crippen LogP contribution in [0.1, 0.15) is 72.1 Å². The molecule has 1 aliphatic heterocycles. The Bertz CT molecular complexity index is 1630. The molecule has 53 heavy (non-hydrogen) atoms. The predicted molar refractivity (Wildman–Crippen MR) is 164 cm³/mol. The molecule has 5 fully saturated rings. The number of carboxylic acid groups (broad SMARTS) is 2. The molecule has 4 N–H and O–H groups in total. The fourth-order valence-corrected chi connectivity index (χ4v) is 11.2. The molecule has 2 bridgehead atoms. The molecule has 22 heteroatoms. The minimum Gasteiger partial charge on any atom is -0.549 e. The van der Waals surface area contributed by atoms with Crippen molar-refractivity contribution in [3.8, 4) is 0 Å². The van der Waals surface area contributed by atoms with E-state index in [4.69, 9.17) is 14.2 Å². The van der Waals surface area contributed by atoms with Gasteiger partial charge in [0.1, 0.15) is 12.2 Å². The van der Waals surface area contributed by atoms with Crippen LogP contribution in [0.5, 0.6) is 0 Å². The van der Waals surface area contributed by atoms with Crippen molar-refractivity contribution in [1.82, 2.24) is 0 Å². The van der Waals surface area contributed by atoms with Gasteiger partial charge < -0.3 is 44.2 Å². The van der Waals surface area contributed by atoms with Gasteiger partial charge in [0.05, 0.1) is 36.2 Å². The normalized spacial score (nSPS) is 39.1. The van der Waals surface area contributed by atoms with Crippen LogP contribution in [0.15, 0.2) is 12.2 Å². The fraction of sp³-hybridized carbons (Fsp3) is 0.839. The Morgan fingerprint density at radius 3 is 2.04 bits per heavy atom. The molecule has 1 heterocycles. The number of carbonyl (C=O) groups is 3. The maximum absolute atomic E-state index is 13.0. The Morgan fingerprint density at radius 1 is 0.925 bits per heavy atom. The van der Waals surface area contributed by atoms with E-state index in [1.165, 1.54) is 0 Å². The maximum atomic E-state index is 13.0. The summed E-state index contributed by atoms with van der Waals surface area (Å²) in [4.78, 5) is 38.9. The van der Waals surface area contributed by atoms with Gasteiger partial charge in [0.2, 0.25) is 0 Å². The standard InChI is InChI=1S/C31H46O18S2.2K/c1-14(2)9-21(33)47-24-23(49-51(42,43)44)22(48-50(39,40)41)18(13-32)46-26(24)45-17-11-29(4)19-6-5-16-10-30(19,25(34)15(16)3)8-7-20(29)31(12-17,27(35)36)28(37)38;;/h14,16-20,22-26,32,34H,3,5-13H2,1-2,4H3,(H,35,36)(H,37,38)(H,39,40,41)(H,42,43,44);;/q;2*+1/p-2/t16-,17+,18-,19+,20+,22-,23+,24-,25+,26-,29+,30-;;/m1../s1. The first-order chi connectivity index (χ1) is 23.5. The maximum Gasteiger partial charge on any atom is 1.00 e. The number of aliphatic hydroxyl groups excluding tert-OH is 2. The Kier molecular flexibility index (Phi) is 16.1. The molecule has 290 valence electrons. The smallest absolute Gasteiger partial charge is 0.549 e. The third kappa shape index (κ3) is 9.42. The second-order valence-electron chi connectivity index (χ2n) is 15.3. The van der Waals surface area contributed by atoms with E-state index in [1.54, 1.807) is 20.8 Å². The van der Waals surface area contributed by atoms with Crippen molar-refractivity contribution >= 4 is 38.7 Å². The molecule has 4 aliphatic carbocycles. The van der Waals surface area contributed by atoms with Crippen LogP contribution >= 0.6 is 0 Å². The molecule has 1 spiro atoms. The minimum atomic E-state index is -5.53. The van der Waals surface area contributed by atoms with Crippen molar-refractivity contribution in [2.75, 3.05) is 6.61 Å². The first-order valence-corrected chi connectivity index (χ1v) is 19.4. The van der Waals surface area contributed by atoms with E-state index in [-0.39, 0.29) is 134 Å². The zero-order valence-electron chi connectivity index (χ0n) is 30.2. The van der Waals surface area contributed by atoms with Gasteiger partial charge in [-0.2, -0.15) is 16.8 Å². The summed E-state index contributed by atoms with van der Waals surface area (Å²) in [6.07, 6.45) is -12.1. The van der Waals surface area contributed by atoms with Gasteiger partial charge in [-0.1, -0.05) is 27.4 Å². The van der Waals surface area contributed by atoms with Crippen LogP contribution in [0, 0.1) is 39.9 Å². The van der Waals surface area contributed by atoms with Gasteiger partial charge in [-0.15, -0.1) is 0 Å². The van der Waals surface area contributed by atoms with Crippen LogP contribution in [0.2, 0.25) is 0 Å². The summed E-state index contributed by atoms with van der Waals surface area (Å²) in [6.45, 7) is 7.91. The Balaban J connectivity index is 0.00000378. The van der Waals surface area contributed by atoms with Gasteiger partial charge in [0.25, 0.3) is 0 Å². The molecule has 0 unspecified atom stereocenters. The van der Waals surface area contributed by atoms with Crippen molar-refractivity contribution in [2.45, 2.75) is 115 Å². The molecular formula is C31H44K2O18S2. The minimum absolute atomic E-state index is 0. The number of ether oxygens (including phenoxy) is 3. The van der Waals surface area contributed by atoms with Gasteiger partial charge in [0, 0.05) is 11.8 Å². The average Bonchev–Trinajstić information content (AvgIpc) is 3.16. The molecule has 0 aromatic rings. The van der Waals surface area contributed by atoms with Gasteiger partial charge in [-0.25, -0.2) is 8.37 Å². The van der Waals surface area contributed by atoms with Gasteiger partial charge in [0.15, 0.2) is 18.5 Å². The average molecular weight is 847 g/mol. The number of hydrogen-bond donors (Lipinski definition) is 4. The molecule has 0 aromatic carbocycles. The number of carboxylic acids is 2. The zero-order valence-corrected chi connectivity index (χ0v) is 38.1. The van der Waals surface area contributed by atoms with E-state index in [0.717, 1.165) is 0 Å². The van der Waals surface area contributed by atoms with Gasteiger partial charge >= 0.3 is 130 Å². The topological polar surface area (TPSA) is 293 Å². The van der Waals surface area contributed by atoms with Crippen molar-refractivity contribution in [3.05, 3.63) is 12.2 Å². The van der Waals surface area contributed by atoms with Crippen LogP contribution in [-0.4, -0.2) is 104 Å². The summed E-state index contributed by atoms with van der Waals surface area (Å²) < 4.78 is 93.2. The molecule has 5 rings (SSSR count). The number of fused-ring (bicyclic) bond motifs is 3. The Morgan fingerprint density at radius 2 is 1.51 bits per heavy atom. The molecule has 18 nitrogen and oxygen atoms in total. The van der Waals surface area contributed by atoms with E-state index in [9.17, 15) is 60.8 Å². The zero-order chi connectivity index (χ0) is 38.1. The van der Waals surface area contributed by atoms with E-state index < -0.39 is 123 Å². The van der Waals surface area contributed by atoms with Crippen LogP contribution in [0.3, 0.4) is 0 Å². The Labute approximate surface area is 393 Å². The van der Waals surface area contributed by atoms with E-state index in [2.05, 4.69) is 14.9 Å². The molecule has 5 aliphatic rings. The first kappa shape index (κ1) is 48.4. The summed E-state index contributed by atoms with van der Waals surface area (Å²) in [5.41, 5.74) is -3.89. The van der Waals surface area contributed by atoms with Crippen LogP contribution in [0.25, 0.3) is 0 Å².